The molecule has 0 radical (unpaired) electrons. The number of nitrogens with zero attached hydrogens (tertiary/aromatic N) is 2. The number of para-hydroxylation sites is 1. The van der Waals surface area contributed by atoms with Gasteiger partial charge in [0, 0.05) is 23.0 Å². The number of aromatic nitrogens is 2. The highest BCUT2D eigenvalue weighted by atomic mass is 32.1. The third-order valence-electron chi connectivity index (χ3n) is 3.42. The van der Waals surface area contributed by atoms with Crippen LogP contribution in [0.1, 0.15) is 16.1 Å². The van der Waals surface area contributed by atoms with Crippen LogP contribution in [0.25, 0.3) is 10.9 Å². The van der Waals surface area contributed by atoms with Crippen molar-refractivity contribution in [2.45, 2.75) is 20.3 Å². The number of hydrogen-bond donors (Lipinski definition) is 1. The maximum Gasteiger partial charge on any atom is 0.183 e. The van der Waals surface area contributed by atoms with Crippen molar-refractivity contribution in [3.05, 3.63) is 52.7 Å². The number of anilines is 1. The predicted molar refractivity (Wildman–Crippen MR) is 85.5 cm³/mol. The lowest BCUT2D eigenvalue weighted by molar-refractivity contribution is 1.02. The first-order valence-electron chi connectivity index (χ1n) is 6.74. The Morgan fingerprint density at radius 3 is 2.80 bits per heavy atom. The van der Waals surface area contributed by atoms with E-state index in [9.17, 15) is 0 Å². The van der Waals surface area contributed by atoms with Crippen LogP contribution in [0.2, 0.25) is 0 Å². The van der Waals surface area contributed by atoms with Crippen LogP contribution >= 0.6 is 11.3 Å². The van der Waals surface area contributed by atoms with E-state index in [1.807, 2.05) is 19.2 Å². The van der Waals surface area contributed by atoms with E-state index in [1.165, 1.54) is 15.8 Å². The molecule has 0 unspecified atom stereocenters. The Morgan fingerprint density at radius 2 is 2.00 bits per heavy atom. The summed E-state index contributed by atoms with van der Waals surface area (Å²) in [6.07, 6.45) is 2.80. The van der Waals surface area contributed by atoms with Gasteiger partial charge in [0.25, 0.3) is 0 Å². The number of nitrogens with one attached hydrogen (secondary N) is 1. The lowest BCUT2D eigenvalue weighted by atomic mass is 10.1. The maximum absolute atomic E-state index is 4.50. The minimum Gasteiger partial charge on any atom is -0.361 e. The predicted octanol–water partition coefficient (Wildman–Crippen LogP) is 3.96. The molecule has 0 atom stereocenters. The SMILES string of the molecule is Cc1nc(NCCc2cccc3cccnc23)sc1C. The third kappa shape index (κ3) is 2.65. The monoisotopic (exact) mass is 283 g/mol. The van der Waals surface area contributed by atoms with Gasteiger partial charge in [-0.25, -0.2) is 4.98 Å². The Morgan fingerprint density at radius 1 is 1.15 bits per heavy atom. The van der Waals surface area contributed by atoms with E-state index in [4.69, 9.17) is 0 Å². The van der Waals surface area contributed by atoms with Gasteiger partial charge in [-0.1, -0.05) is 24.3 Å². The normalized spacial score (nSPS) is 10.9. The minimum atomic E-state index is 0.877. The van der Waals surface area contributed by atoms with Gasteiger partial charge in [0.05, 0.1) is 11.2 Å². The molecule has 2 heterocycles. The second kappa shape index (κ2) is 5.59. The molecule has 3 aromatic rings. The number of pyridine rings is 1. The molecule has 0 fully saturated rings. The average Bonchev–Trinajstić information content (AvgIpc) is 2.78. The summed E-state index contributed by atoms with van der Waals surface area (Å²) in [4.78, 5) is 10.3. The van der Waals surface area contributed by atoms with Gasteiger partial charge < -0.3 is 5.32 Å². The molecule has 3 rings (SSSR count). The van der Waals surface area contributed by atoms with Crippen LogP contribution in [-0.4, -0.2) is 16.5 Å². The van der Waals surface area contributed by atoms with Crippen LogP contribution in [-0.2, 0) is 6.42 Å². The standard InChI is InChI=1S/C16H17N3S/c1-11-12(2)20-16(19-11)18-10-8-14-6-3-5-13-7-4-9-17-15(13)14/h3-7,9H,8,10H2,1-2H3,(H,18,19). The van der Waals surface area contributed by atoms with Gasteiger partial charge >= 0.3 is 0 Å². The second-order valence-electron chi connectivity index (χ2n) is 4.83. The molecule has 0 saturated heterocycles. The molecule has 102 valence electrons. The van der Waals surface area contributed by atoms with Crippen molar-refractivity contribution >= 4 is 27.4 Å². The van der Waals surface area contributed by atoms with E-state index in [0.29, 0.717) is 0 Å². The summed E-state index contributed by atoms with van der Waals surface area (Å²) in [5.74, 6) is 0. The van der Waals surface area contributed by atoms with Crippen molar-refractivity contribution in [2.75, 3.05) is 11.9 Å². The molecule has 1 aromatic carbocycles. The Labute approximate surface area is 122 Å². The van der Waals surface area contributed by atoms with E-state index < -0.39 is 0 Å². The highest BCUT2D eigenvalue weighted by Crippen LogP contribution is 2.21. The van der Waals surface area contributed by atoms with Crippen LogP contribution < -0.4 is 5.32 Å². The highest BCUT2D eigenvalue weighted by Gasteiger charge is 2.04. The summed E-state index contributed by atoms with van der Waals surface area (Å²) >= 11 is 1.72. The van der Waals surface area contributed by atoms with Crippen LogP contribution in [0.3, 0.4) is 0 Å². The first-order chi connectivity index (χ1) is 9.74. The Balaban J connectivity index is 1.71. The zero-order valence-electron chi connectivity index (χ0n) is 11.7. The van der Waals surface area contributed by atoms with E-state index in [-0.39, 0.29) is 0 Å². The van der Waals surface area contributed by atoms with Crippen LogP contribution in [0, 0.1) is 13.8 Å². The second-order valence-corrected chi connectivity index (χ2v) is 6.03. The smallest absolute Gasteiger partial charge is 0.183 e. The largest absolute Gasteiger partial charge is 0.361 e. The summed E-state index contributed by atoms with van der Waals surface area (Å²) in [5, 5.41) is 5.61. The summed E-state index contributed by atoms with van der Waals surface area (Å²) in [5.41, 5.74) is 3.49. The molecule has 0 aliphatic carbocycles. The first kappa shape index (κ1) is 13.1. The summed E-state index contributed by atoms with van der Waals surface area (Å²) < 4.78 is 0. The lowest BCUT2D eigenvalue weighted by Crippen LogP contribution is -2.05. The molecule has 0 bridgehead atoms. The number of fused-ring (bicyclic) bond motifs is 1. The molecule has 3 nitrogen and oxygen atoms in total. The van der Waals surface area contributed by atoms with E-state index in [2.05, 4.69) is 46.5 Å². The molecule has 0 aliphatic heterocycles. The van der Waals surface area contributed by atoms with Crippen LogP contribution in [0.5, 0.6) is 0 Å². The molecular weight excluding hydrogens is 266 g/mol. The zero-order chi connectivity index (χ0) is 13.9. The van der Waals surface area contributed by atoms with Crippen LogP contribution in [0.15, 0.2) is 36.5 Å². The topological polar surface area (TPSA) is 37.8 Å². The van der Waals surface area contributed by atoms with Gasteiger partial charge in [-0.3, -0.25) is 4.98 Å². The number of thiazole rings is 1. The van der Waals surface area contributed by atoms with Crippen molar-refractivity contribution in [3.63, 3.8) is 0 Å². The van der Waals surface area contributed by atoms with Gasteiger partial charge in [-0.05, 0) is 31.9 Å². The van der Waals surface area contributed by atoms with Crippen molar-refractivity contribution in [3.8, 4) is 0 Å². The molecule has 20 heavy (non-hydrogen) atoms. The quantitative estimate of drug-likeness (QED) is 0.787. The van der Waals surface area contributed by atoms with Gasteiger partial charge in [-0.2, -0.15) is 0 Å². The fourth-order valence-electron chi connectivity index (χ4n) is 2.22. The number of hydrogen-bond acceptors (Lipinski definition) is 4. The van der Waals surface area contributed by atoms with Crippen molar-refractivity contribution in [1.29, 1.82) is 0 Å². The van der Waals surface area contributed by atoms with E-state index >= 15 is 0 Å². The van der Waals surface area contributed by atoms with Gasteiger partial charge in [0.15, 0.2) is 5.13 Å². The molecule has 2 aromatic heterocycles. The fourth-order valence-corrected chi connectivity index (χ4v) is 3.06. The van der Waals surface area contributed by atoms with Gasteiger partial charge in [-0.15, -0.1) is 11.3 Å². The molecule has 0 aliphatic rings. The number of benzene rings is 1. The molecule has 0 amide bonds. The Bertz CT molecular complexity index is 709. The van der Waals surface area contributed by atoms with Crippen LogP contribution in [0.4, 0.5) is 5.13 Å². The summed E-state index contributed by atoms with van der Waals surface area (Å²) in [6.45, 7) is 5.03. The molecule has 1 N–H and O–H groups in total. The minimum absolute atomic E-state index is 0.877. The fraction of sp³-hybridized carbons (Fsp3) is 0.250. The van der Waals surface area contributed by atoms with Crippen molar-refractivity contribution in [2.24, 2.45) is 0 Å². The molecule has 0 saturated carbocycles. The number of aryl methyl sites for hydroxylation is 2. The Hall–Kier alpha value is -1.94. The van der Waals surface area contributed by atoms with E-state index in [1.54, 1.807) is 11.3 Å². The van der Waals surface area contributed by atoms with Gasteiger partial charge in [0.2, 0.25) is 0 Å². The highest BCUT2D eigenvalue weighted by molar-refractivity contribution is 7.15. The number of rotatable bonds is 4. The Kier molecular flexibility index (Phi) is 3.65. The zero-order valence-corrected chi connectivity index (χ0v) is 12.5. The first-order valence-corrected chi connectivity index (χ1v) is 7.56. The summed E-state index contributed by atoms with van der Waals surface area (Å²) in [7, 11) is 0. The molecule has 4 heteroatoms. The summed E-state index contributed by atoms with van der Waals surface area (Å²) in [6, 6.07) is 10.4. The van der Waals surface area contributed by atoms with E-state index in [0.717, 1.165) is 29.3 Å². The lowest BCUT2D eigenvalue weighted by Gasteiger charge is -2.06. The maximum atomic E-state index is 4.50. The third-order valence-corrected chi connectivity index (χ3v) is 4.45. The molecule has 0 spiro atoms. The van der Waals surface area contributed by atoms with Crippen molar-refractivity contribution < 1.29 is 0 Å². The van der Waals surface area contributed by atoms with Crippen molar-refractivity contribution in [1.82, 2.24) is 9.97 Å². The molecular formula is C16H17N3S. The average molecular weight is 283 g/mol. The van der Waals surface area contributed by atoms with Gasteiger partial charge in [0.1, 0.15) is 0 Å².